The molecule has 0 saturated heterocycles. The lowest BCUT2D eigenvalue weighted by Crippen LogP contribution is -2.11. The van der Waals surface area contributed by atoms with Crippen molar-refractivity contribution in [3.63, 3.8) is 0 Å². The molecule has 1 fully saturated rings. The zero-order chi connectivity index (χ0) is 17.2. The van der Waals surface area contributed by atoms with Gasteiger partial charge >= 0.3 is 0 Å². The summed E-state index contributed by atoms with van der Waals surface area (Å²) in [6.07, 6.45) is 4.86. The zero-order valence-electron chi connectivity index (χ0n) is 14.6. The monoisotopic (exact) mass is 340 g/mol. The molecular weight excluding hydrogens is 316 g/mol. The Labute approximate surface area is 148 Å². The van der Waals surface area contributed by atoms with Gasteiger partial charge in [0, 0.05) is 11.6 Å². The van der Waals surface area contributed by atoms with Crippen LogP contribution in [-0.4, -0.2) is 20.5 Å². The van der Waals surface area contributed by atoms with Crippen molar-refractivity contribution >= 4 is 11.8 Å². The molecule has 0 atom stereocenters. The molecule has 24 heavy (non-hydrogen) atoms. The average molecular weight is 340 g/mol. The molecule has 1 aromatic carbocycles. The number of hydrogen-bond donors (Lipinski definition) is 0. The molecule has 0 unspecified atom stereocenters. The fraction of sp³-hybridized carbons (Fsp3) is 0.526. The Morgan fingerprint density at radius 2 is 1.83 bits per heavy atom. The Morgan fingerprint density at radius 1 is 1.17 bits per heavy atom. The number of hydrogen-bond acceptors (Lipinski definition) is 4. The van der Waals surface area contributed by atoms with Crippen LogP contribution in [0.25, 0.3) is 11.4 Å². The van der Waals surface area contributed by atoms with Gasteiger partial charge in [-0.1, -0.05) is 69.6 Å². The minimum atomic E-state index is 0.144. The second kappa shape index (κ2) is 6.98. The van der Waals surface area contributed by atoms with E-state index >= 15 is 0 Å². The smallest absolute Gasteiger partial charge is 0.192 e. The number of benzene rings is 1. The van der Waals surface area contributed by atoms with Gasteiger partial charge in [-0.2, -0.15) is 5.26 Å². The fourth-order valence-electron chi connectivity index (χ4n) is 3.28. The van der Waals surface area contributed by atoms with E-state index in [1.54, 1.807) is 0 Å². The molecule has 1 aliphatic rings. The van der Waals surface area contributed by atoms with Crippen LogP contribution in [0, 0.1) is 11.3 Å². The minimum Gasteiger partial charge on any atom is -0.299 e. The number of rotatable bonds is 4. The van der Waals surface area contributed by atoms with Gasteiger partial charge in [0.2, 0.25) is 0 Å². The summed E-state index contributed by atoms with van der Waals surface area (Å²) in [5.41, 5.74) is 2.56. The molecule has 0 aliphatic heterocycles. The van der Waals surface area contributed by atoms with Crippen LogP contribution in [0.2, 0.25) is 0 Å². The summed E-state index contributed by atoms with van der Waals surface area (Å²) in [6, 6.07) is 11.3. The summed E-state index contributed by atoms with van der Waals surface area (Å²) in [5.74, 6) is 1.34. The Hall–Kier alpha value is -1.80. The fourth-order valence-corrected chi connectivity index (χ4v) is 3.95. The van der Waals surface area contributed by atoms with E-state index in [1.165, 1.54) is 43.0 Å². The van der Waals surface area contributed by atoms with Crippen LogP contribution in [0.15, 0.2) is 29.4 Å². The largest absolute Gasteiger partial charge is 0.299 e. The maximum atomic E-state index is 8.89. The summed E-state index contributed by atoms with van der Waals surface area (Å²) in [4.78, 5) is 0. The molecule has 1 saturated carbocycles. The molecule has 1 heterocycles. The summed E-state index contributed by atoms with van der Waals surface area (Å²) in [6.45, 7) is 6.67. The molecule has 0 amide bonds. The first kappa shape index (κ1) is 17.0. The molecule has 2 aromatic rings. The van der Waals surface area contributed by atoms with Crippen LogP contribution in [0.3, 0.4) is 0 Å². The maximum absolute atomic E-state index is 8.89. The molecule has 1 aromatic heterocycles. The van der Waals surface area contributed by atoms with Crippen molar-refractivity contribution in [1.29, 1.82) is 5.26 Å². The molecular formula is C19H24N4S. The van der Waals surface area contributed by atoms with Gasteiger partial charge in [-0.25, -0.2) is 0 Å². The van der Waals surface area contributed by atoms with E-state index in [1.807, 2.05) is 0 Å². The standard InChI is InChI=1S/C19H24N4S/c1-19(2,3)15-10-8-14(9-11-15)17-21-22-18(24-13-12-20)23(17)16-6-4-5-7-16/h8-11,16H,4-7,13H2,1-3H3. The third-order valence-corrected chi connectivity index (χ3v) is 5.44. The van der Waals surface area contributed by atoms with Crippen molar-refractivity contribution in [3.8, 4) is 17.5 Å². The van der Waals surface area contributed by atoms with Gasteiger partial charge in [-0.15, -0.1) is 10.2 Å². The molecule has 0 bridgehead atoms. The lowest BCUT2D eigenvalue weighted by molar-refractivity contribution is 0.485. The Morgan fingerprint density at radius 3 is 2.42 bits per heavy atom. The summed E-state index contributed by atoms with van der Waals surface area (Å²) < 4.78 is 2.26. The zero-order valence-corrected chi connectivity index (χ0v) is 15.4. The van der Waals surface area contributed by atoms with Crippen LogP contribution in [0.5, 0.6) is 0 Å². The van der Waals surface area contributed by atoms with E-state index in [0.29, 0.717) is 11.8 Å². The summed E-state index contributed by atoms with van der Waals surface area (Å²) in [5, 5.41) is 18.6. The molecule has 126 valence electrons. The van der Waals surface area contributed by atoms with Crippen LogP contribution in [-0.2, 0) is 5.41 Å². The summed E-state index contributed by atoms with van der Waals surface area (Å²) >= 11 is 1.49. The first-order chi connectivity index (χ1) is 11.5. The van der Waals surface area contributed by atoms with Crippen molar-refractivity contribution in [2.75, 3.05) is 5.75 Å². The highest BCUT2D eigenvalue weighted by Gasteiger charge is 2.25. The summed E-state index contributed by atoms with van der Waals surface area (Å²) in [7, 11) is 0. The third-order valence-electron chi connectivity index (χ3n) is 4.63. The molecule has 3 rings (SSSR count). The molecule has 1 aliphatic carbocycles. The predicted molar refractivity (Wildman–Crippen MR) is 98.0 cm³/mol. The van der Waals surface area contributed by atoms with Gasteiger partial charge < -0.3 is 0 Å². The Kier molecular flexibility index (Phi) is 4.96. The van der Waals surface area contributed by atoms with Gasteiger partial charge in [0.25, 0.3) is 0 Å². The molecule has 5 heteroatoms. The highest BCUT2D eigenvalue weighted by molar-refractivity contribution is 7.99. The van der Waals surface area contributed by atoms with Gasteiger partial charge in [0.1, 0.15) is 0 Å². The molecule has 0 radical (unpaired) electrons. The van der Waals surface area contributed by atoms with E-state index in [2.05, 4.69) is 65.9 Å². The van der Waals surface area contributed by atoms with Crippen molar-refractivity contribution in [3.05, 3.63) is 29.8 Å². The molecule has 0 spiro atoms. The first-order valence-electron chi connectivity index (χ1n) is 8.56. The van der Waals surface area contributed by atoms with Crippen molar-refractivity contribution in [1.82, 2.24) is 14.8 Å². The lowest BCUT2D eigenvalue weighted by Gasteiger charge is -2.20. The topological polar surface area (TPSA) is 54.5 Å². The van der Waals surface area contributed by atoms with Crippen LogP contribution >= 0.6 is 11.8 Å². The van der Waals surface area contributed by atoms with Crippen molar-refractivity contribution in [2.45, 2.75) is 63.1 Å². The Bertz CT molecular complexity index is 728. The first-order valence-corrected chi connectivity index (χ1v) is 9.55. The van der Waals surface area contributed by atoms with Gasteiger partial charge in [0.15, 0.2) is 11.0 Å². The van der Waals surface area contributed by atoms with Crippen LogP contribution < -0.4 is 0 Å². The number of thioether (sulfide) groups is 1. The highest BCUT2D eigenvalue weighted by atomic mass is 32.2. The normalized spacial score (nSPS) is 15.6. The minimum absolute atomic E-state index is 0.144. The lowest BCUT2D eigenvalue weighted by atomic mass is 9.86. The number of aromatic nitrogens is 3. The quantitative estimate of drug-likeness (QED) is 0.737. The van der Waals surface area contributed by atoms with E-state index in [4.69, 9.17) is 5.26 Å². The Balaban J connectivity index is 1.98. The third kappa shape index (κ3) is 3.49. The molecule has 0 N–H and O–H groups in total. The second-order valence-corrected chi connectivity index (χ2v) is 8.33. The highest BCUT2D eigenvalue weighted by Crippen LogP contribution is 2.36. The van der Waals surface area contributed by atoms with E-state index in [0.717, 1.165) is 16.5 Å². The van der Waals surface area contributed by atoms with Crippen LogP contribution in [0.1, 0.15) is 58.1 Å². The van der Waals surface area contributed by atoms with E-state index in [9.17, 15) is 0 Å². The van der Waals surface area contributed by atoms with Crippen molar-refractivity contribution < 1.29 is 0 Å². The van der Waals surface area contributed by atoms with E-state index < -0.39 is 0 Å². The van der Waals surface area contributed by atoms with Gasteiger partial charge in [-0.3, -0.25) is 4.57 Å². The predicted octanol–water partition coefficient (Wildman–Crippen LogP) is 4.97. The SMILES string of the molecule is CC(C)(C)c1ccc(-c2nnc(SCC#N)n2C2CCCC2)cc1. The number of nitrogens with zero attached hydrogens (tertiary/aromatic N) is 4. The maximum Gasteiger partial charge on any atom is 0.192 e. The second-order valence-electron chi connectivity index (χ2n) is 7.39. The van der Waals surface area contributed by atoms with Crippen LogP contribution in [0.4, 0.5) is 0 Å². The van der Waals surface area contributed by atoms with Crippen molar-refractivity contribution in [2.24, 2.45) is 0 Å². The average Bonchev–Trinajstić information content (AvgIpc) is 3.21. The van der Waals surface area contributed by atoms with Gasteiger partial charge in [-0.05, 0) is 23.8 Å². The molecule has 4 nitrogen and oxygen atoms in total. The number of nitriles is 1. The van der Waals surface area contributed by atoms with Gasteiger partial charge in [0.05, 0.1) is 11.8 Å². The van der Waals surface area contributed by atoms with E-state index in [-0.39, 0.29) is 5.41 Å².